The van der Waals surface area contributed by atoms with E-state index in [-0.39, 0.29) is 5.56 Å². The normalized spacial score (nSPS) is 16.1. The highest BCUT2D eigenvalue weighted by Crippen LogP contribution is 2.30. The number of nitrogens with one attached hydrogen (secondary N) is 1. The topological polar surface area (TPSA) is 38.0 Å². The highest BCUT2D eigenvalue weighted by molar-refractivity contribution is 5.70. The fourth-order valence-corrected chi connectivity index (χ4v) is 1.75. The van der Waals surface area contributed by atoms with Gasteiger partial charge in [0.15, 0.2) is 11.6 Å². The van der Waals surface area contributed by atoms with E-state index in [2.05, 4.69) is 5.32 Å². The van der Waals surface area contributed by atoms with E-state index in [4.69, 9.17) is 5.73 Å². The van der Waals surface area contributed by atoms with E-state index >= 15 is 0 Å². The Morgan fingerprint density at radius 3 is 2.56 bits per heavy atom. The first-order valence-electron chi connectivity index (χ1n) is 4.94. The van der Waals surface area contributed by atoms with Crippen LogP contribution >= 0.6 is 0 Å². The molecule has 1 aliphatic heterocycles. The Morgan fingerprint density at radius 2 is 1.94 bits per heavy atom. The first-order chi connectivity index (χ1) is 7.61. The number of halogens is 3. The molecule has 1 aromatic carbocycles. The van der Waals surface area contributed by atoms with Gasteiger partial charge in [-0.05, 0) is 18.5 Å². The number of nitrogen functional groups attached to an aromatic ring is 1. The first-order valence-corrected chi connectivity index (χ1v) is 4.94. The summed E-state index contributed by atoms with van der Waals surface area (Å²) in [6.07, 6.45) is 2.18. The minimum absolute atomic E-state index is 0.208. The Kier molecular flexibility index (Phi) is 2.87. The minimum atomic E-state index is -1.06. The summed E-state index contributed by atoms with van der Waals surface area (Å²) in [6, 6.07) is 0.622. The van der Waals surface area contributed by atoms with Crippen LogP contribution in [0.5, 0.6) is 0 Å². The van der Waals surface area contributed by atoms with Crippen molar-refractivity contribution in [2.75, 3.05) is 18.8 Å². The molecular weight excluding hydrogens is 217 g/mol. The van der Waals surface area contributed by atoms with Crippen molar-refractivity contribution in [3.8, 4) is 0 Å². The summed E-state index contributed by atoms with van der Waals surface area (Å²) >= 11 is 0. The quantitative estimate of drug-likeness (QED) is 0.722. The van der Waals surface area contributed by atoms with E-state index in [1.54, 1.807) is 6.08 Å². The average molecular weight is 228 g/mol. The third-order valence-electron chi connectivity index (χ3n) is 2.59. The summed E-state index contributed by atoms with van der Waals surface area (Å²) < 4.78 is 40.1. The summed E-state index contributed by atoms with van der Waals surface area (Å²) in [5, 5.41) is 3.02. The summed E-state index contributed by atoms with van der Waals surface area (Å²) in [6.45, 7) is 1.19. The first kappa shape index (κ1) is 11.0. The van der Waals surface area contributed by atoms with E-state index in [9.17, 15) is 13.2 Å². The maximum atomic E-state index is 13.6. The number of hydrogen-bond donors (Lipinski definition) is 2. The van der Waals surface area contributed by atoms with Crippen LogP contribution in [0.3, 0.4) is 0 Å². The van der Waals surface area contributed by atoms with Gasteiger partial charge in [0, 0.05) is 12.6 Å². The zero-order chi connectivity index (χ0) is 11.7. The SMILES string of the molecule is Nc1c(F)cc(F)c(C2=CCNCC2)c1F. The molecule has 0 atom stereocenters. The highest BCUT2D eigenvalue weighted by Gasteiger charge is 2.20. The van der Waals surface area contributed by atoms with Gasteiger partial charge < -0.3 is 11.1 Å². The second-order valence-electron chi connectivity index (χ2n) is 3.63. The molecular formula is C11H11F3N2. The molecule has 1 aromatic rings. The molecule has 0 amide bonds. The van der Waals surface area contributed by atoms with Gasteiger partial charge in [0.2, 0.25) is 0 Å². The van der Waals surface area contributed by atoms with Crippen LogP contribution in [0.2, 0.25) is 0 Å². The van der Waals surface area contributed by atoms with Crippen LogP contribution in [0.4, 0.5) is 18.9 Å². The Balaban J connectivity index is 2.56. The Bertz CT molecular complexity index is 455. The molecule has 2 rings (SSSR count). The Labute approximate surface area is 90.9 Å². The monoisotopic (exact) mass is 228 g/mol. The van der Waals surface area contributed by atoms with Crippen LogP contribution in [0.15, 0.2) is 12.1 Å². The maximum absolute atomic E-state index is 13.6. The molecule has 1 heterocycles. The maximum Gasteiger partial charge on any atom is 0.159 e. The van der Waals surface area contributed by atoms with E-state index in [0.29, 0.717) is 31.1 Å². The molecule has 0 unspecified atom stereocenters. The van der Waals surface area contributed by atoms with Gasteiger partial charge in [-0.25, -0.2) is 13.2 Å². The minimum Gasteiger partial charge on any atom is -0.394 e. The molecule has 0 spiro atoms. The van der Waals surface area contributed by atoms with Crippen molar-refractivity contribution < 1.29 is 13.2 Å². The molecule has 0 bridgehead atoms. The third kappa shape index (κ3) is 1.78. The van der Waals surface area contributed by atoms with Gasteiger partial charge in [0.25, 0.3) is 0 Å². The van der Waals surface area contributed by atoms with Crippen molar-refractivity contribution in [2.24, 2.45) is 0 Å². The fraction of sp³-hybridized carbons (Fsp3) is 0.273. The summed E-state index contributed by atoms with van der Waals surface area (Å²) in [4.78, 5) is 0. The van der Waals surface area contributed by atoms with Crippen molar-refractivity contribution in [3.63, 3.8) is 0 Å². The number of nitrogens with two attached hydrogens (primary N) is 1. The number of anilines is 1. The standard InChI is InChI=1S/C11H11F3N2/c12-7-5-8(13)11(15)10(14)9(7)6-1-3-16-4-2-6/h1,5,16H,2-4,15H2. The van der Waals surface area contributed by atoms with Crippen LogP contribution < -0.4 is 11.1 Å². The lowest BCUT2D eigenvalue weighted by Crippen LogP contribution is -2.21. The van der Waals surface area contributed by atoms with Crippen LogP contribution in [0, 0.1) is 17.5 Å². The van der Waals surface area contributed by atoms with E-state index in [1.807, 2.05) is 0 Å². The molecule has 0 saturated carbocycles. The van der Waals surface area contributed by atoms with Gasteiger partial charge in [-0.1, -0.05) is 6.08 Å². The van der Waals surface area contributed by atoms with Gasteiger partial charge in [0.05, 0.1) is 5.56 Å². The lowest BCUT2D eigenvalue weighted by Gasteiger charge is -2.16. The molecule has 1 aliphatic rings. The molecule has 0 fully saturated rings. The van der Waals surface area contributed by atoms with Gasteiger partial charge >= 0.3 is 0 Å². The smallest absolute Gasteiger partial charge is 0.159 e. The van der Waals surface area contributed by atoms with Gasteiger partial charge in [-0.2, -0.15) is 0 Å². The van der Waals surface area contributed by atoms with Crippen molar-refractivity contribution >= 4 is 11.3 Å². The summed E-state index contributed by atoms with van der Waals surface area (Å²) in [5.74, 6) is -2.98. The molecule has 0 aromatic heterocycles. The molecule has 0 radical (unpaired) electrons. The van der Waals surface area contributed by atoms with Crippen molar-refractivity contribution in [3.05, 3.63) is 35.2 Å². The van der Waals surface area contributed by atoms with Crippen LogP contribution in [-0.2, 0) is 0 Å². The fourth-order valence-electron chi connectivity index (χ4n) is 1.75. The molecule has 5 heteroatoms. The van der Waals surface area contributed by atoms with Crippen molar-refractivity contribution in [1.29, 1.82) is 0 Å². The van der Waals surface area contributed by atoms with Crippen LogP contribution in [-0.4, -0.2) is 13.1 Å². The van der Waals surface area contributed by atoms with Gasteiger partial charge in [0.1, 0.15) is 11.5 Å². The molecule has 2 nitrogen and oxygen atoms in total. The molecule has 0 aliphatic carbocycles. The average Bonchev–Trinajstić information content (AvgIpc) is 2.28. The highest BCUT2D eigenvalue weighted by atomic mass is 19.1. The molecule has 3 N–H and O–H groups in total. The summed E-state index contributed by atoms with van der Waals surface area (Å²) in [7, 11) is 0. The summed E-state index contributed by atoms with van der Waals surface area (Å²) in [5.41, 5.74) is 4.89. The molecule has 0 saturated heterocycles. The number of benzene rings is 1. The zero-order valence-corrected chi connectivity index (χ0v) is 8.49. The van der Waals surface area contributed by atoms with Crippen molar-refractivity contribution in [2.45, 2.75) is 6.42 Å². The zero-order valence-electron chi connectivity index (χ0n) is 8.49. The van der Waals surface area contributed by atoms with Crippen LogP contribution in [0.1, 0.15) is 12.0 Å². The Morgan fingerprint density at radius 1 is 1.19 bits per heavy atom. The molecule has 86 valence electrons. The second-order valence-corrected chi connectivity index (χ2v) is 3.63. The predicted octanol–water partition coefficient (Wildman–Crippen LogP) is 2.06. The second kappa shape index (κ2) is 4.17. The van der Waals surface area contributed by atoms with E-state index in [0.717, 1.165) is 0 Å². The largest absolute Gasteiger partial charge is 0.394 e. The predicted molar refractivity (Wildman–Crippen MR) is 56.2 cm³/mol. The molecule has 16 heavy (non-hydrogen) atoms. The van der Waals surface area contributed by atoms with E-state index in [1.165, 1.54) is 0 Å². The van der Waals surface area contributed by atoms with Gasteiger partial charge in [-0.15, -0.1) is 0 Å². The third-order valence-corrected chi connectivity index (χ3v) is 2.59. The van der Waals surface area contributed by atoms with Gasteiger partial charge in [-0.3, -0.25) is 0 Å². The lowest BCUT2D eigenvalue weighted by molar-refractivity contribution is 0.543. The van der Waals surface area contributed by atoms with E-state index < -0.39 is 23.1 Å². The lowest BCUT2D eigenvalue weighted by atomic mass is 9.98. The number of hydrogen-bond acceptors (Lipinski definition) is 2. The van der Waals surface area contributed by atoms with Crippen molar-refractivity contribution in [1.82, 2.24) is 5.32 Å². The Hall–Kier alpha value is -1.49. The number of rotatable bonds is 1. The van der Waals surface area contributed by atoms with Crippen LogP contribution in [0.25, 0.3) is 5.57 Å².